The summed E-state index contributed by atoms with van der Waals surface area (Å²) in [7, 11) is 1.67. The molecule has 0 amide bonds. The monoisotopic (exact) mass is 268 g/mol. The Balaban J connectivity index is 2.30. The van der Waals surface area contributed by atoms with Crippen molar-refractivity contribution in [2.45, 2.75) is 25.1 Å². The second-order valence-corrected chi connectivity index (χ2v) is 4.42. The van der Waals surface area contributed by atoms with Crippen LogP contribution in [0.2, 0.25) is 0 Å². The van der Waals surface area contributed by atoms with Crippen molar-refractivity contribution in [2.24, 2.45) is 0 Å². The quantitative estimate of drug-likeness (QED) is 0.911. The molecule has 2 aromatic rings. The fraction of sp³-hybridized carbons (Fsp3) is 0.357. The van der Waals surface area contributed by atoms with E-state index >= 15 is 0 Å². The van der Waals surface area contributed by atoms with E-state index in [0.717, 1.165) is 16.5 Å². The van der Waals surface area contributed by atoms with Crippen LogP contribution in [0.15, 0.2) is 36.5 Å². The Bertz CT molecular complexity index is 546. The molecule has 0 spiro atoms. The molecule has 0 radical (unpaired) electrons. The minimum Gasteiger partial charge on any atom is -0.313 e. The van der Waals surface area contributed by atoms with Gasteiger partial charge in [-0.25, -0.2) is 0 Å². The van der Waals surface area contributed by atoms with Crippen LogP contribution in [0.5, 0.6) is 0 Å². The first-order valence-corrected chi connectivity index (χ1v) is 6.09. The summed E-state index contributed by atoms with van der Waals surface area (Å²) < 4.78 is 37.0. The number of para-hydroxylation sites is 1. The molecule has 0 bridgehead atoms. The third kappa shape index (κ3) is 3.44. The molecule has 1 aromatic carbocycles. The smallest absolute Gasteiger partial charge is 0.313 e. The van der Waals surface area contributed by atoms with Crippen LogP contribution in [0.4, 0.5) is 13.2 Å². The van der Waals surface area contributed by atoms with Gasteiger partial charge in [-0.1, -0.05) is 24.3 Å². The molecule has 0 saturated heterocycles. The van der Waals surface area contributed by atoms with Gasteiger partial charge >= 0.3 is 6.18 Å². The van der Waals surface area contributed by atoms with Crippen molar-refractivity contribution in [1.29, 1.82) is 0 Å². The standard InChI is InChI=1S/C14H15F3N2/c1-18-12(7-8-14(15,16)17)11-6-2-4-10-5-3-9-19-13(10)11/h2-6,9,12,18H,7-8H2,1H3. The molecular weight excluding hydrogens is 253 g/mol. The highest BCUT2D eigenvalue weighted by Crippen LogP contribution is 2.30. The Hall–Kier alpha value is -1.62. The zero-order valence-electron chi connectivity index (χ0n) is 10.5. The summed E-state index contributed by atoms with van der Waals surface area (Å²) in [4.78, 5) is 4.27. The average Bonchev–Trinajstić information content (AvgIpc) is 2.38. The molecule has 1 unspecified atom stereocenters. The third-order valence-corrected chi connectivity index (χ3v) is 3.10. The van der Waals surface area contributed by atoms with Crippen LogP contribution in [0.1, 0.15) is 24.4 Å². The van der Waals surface area contributed by atoms with Gasteiger partial charge in [0.1, 0.15) is 0 Å². The van der Waals surface area contributed by atoms with E-state index in [2.05, 4.69) is 10.3 Å². The molecule has 2 nitrogen and oxygen atoms in total. The Kier molecular flexibility index (Phi) is 4.04. The van der Waals surface area contributed by atoms with Gasteiger partial charge in [-0.2, -0.15) is 13.2 Å². The van der Waals surface area contributed by atoms with Crippen LogP contribution >= 0.6 is 0 Å². The Morgan fingerprint density at radius 3 is 2.63 bits per heavy atom. The molecule has 0 aliphatic heterocycles. The summed E-state index contributed by atoms with van der Waals surface area (Å²) >= 11 is 0. The number of nitrogens with one attached hydrogen (secondary N) is 1. The minimum absolute atomic E-state index is 0.00961. The van der Waals surface area contributed by atoms with Crippen LogP contribution < -0.4 is 5.32 Å². The third-order valence-electron chi connectivity index (χ3n) is 3.10. The van der Waals surface area contributed by atoms with E-state index in [4.69, 9.17) is 0 Å². The summed E-state index contributed by atoms with van der Waals surface area (Å²) in [6, 6.07) is 8.95. The number of pyridine rings is 1. The second kappa shape index (κ2) is 5.57. The van der Waals surface area contributed by atoms with Crippen molar-refractivity contribution in [3.8, 4) is 0 Å². The SMILES string of the molecule is CNC(CCC(F)(F)F)c1cccc2cccnc12. The Morgan fingerprint density at radius 2 is 1.95 bits per heavy atom. The fourth-order valence-corrected chi connectivity index (χ4v) is 2.17. The number of aromatic nitrogens is 1. The van der Waals surface area contributed by atoms with Crippen molar-refractivity contribution in [2.75, 3.05) is 7.05 Å². The van der Waals surface area contributed by atoms with Gasteiger partial charge in [0.15, 0.2) is 0 Å². The van der Waals surface area contributed by atoms with Gasteiger partial charge in [0.25, 0.3) is 0 Å². The largest absolute Gasteiger partial charge is 0.389 e. The predicted octanol–water partition coefficient (Wildman–Crippen LogP) is 3.84. The van der Waals surface area contributed by atoms with Crippen LogP contribution in [0, 0.1) is 0 Å². The minimum atomic E-state index is -4.13. The molecule has 102 valence electrons. The molecule has 1 N–H and O–H groups in total. The van der Waals surface area contributed by atoms with Gasteiger partial charge in [0, 0.05) is 24.0 Å². The molecule has 0 aliphatic rings. The van der Waals surface area contributed by atoms with E-state index in [9.17, 15) is 13.2 Å². The lowest BCUT2D eigenvalue weighted by Crippen LogP contribution is -2.20. The number of halogens is 3. The van der Waals surface area contributed by atoms with Gasteiger partial charge in [-0.3, -0.25) is 4.98 Å². The molecule has 0 aliphatic carbocycles. The van der Waals surface area contributed by atoms with Crippen LogP contribution in [-0.2, 0) is 0 Å². The summed E-state index contributed by atoms with van der Waals surface area (Å²) in [5.74, 6) is 0. The first kappa shape index (κ1) is 13.8. The summed E-state index contributed by atoms with van der Waals surface area (Å²) in [5.41, 5.74) is 1.57. The molecule has 2 rings (SSSR count). The van der Waals surface area contributed by atoms with E-state index in [1.165, 1.54) is 0 Å². The summed E-state index contributed by atoms with van der Waals surface area (Å²) in [5, 5.41) is 3.88. The maximum atomic E-state index is 12.3. The normalized spacial score (nSPS) is 13.7. The number of hydrogen-bond donors (Lipinski definition) is 1. The first-order chi connectivity index (χ1) is 9.01. The lowest BCUT2D eigenvalue weighted by Gasteiger charge is -2.19. The maximum absolute atomic E-state index is 12.3. The summed E-state index contributed by atoms with van der Waals surface area (Å²) in [6.07, 6.45) is -3.27. The van der Waals surface area contributed by atoms with Crippen molar-refractivity contribution in [3.63, 3.8) is 0 Å². The molecule has 19 heavy (non-hydrogen) atoms. The predicted molar refractivity (Wildman–Crippen MR) is 68.8 cm³/mol. The molecule has 1 heterocycles. The van der Waals surface area contributed by atoms with E-state index in [-0.39, 0.29) is 12.5 Å². The molecule has 5 heteroatoms. The zero-order valence-corrected chi connectivity index (χ0v) is 10.5. The number of fused-ring (bicyclic) bond motifs is 1. The molecular formula is C14H15F3N2. The molecule has 1 aromatic heterocycles. The lowest BCUT2D eigenvalue weighted by atomic mass is 9.99. The van der Waals surface area contributed by atoms with Gasteiger partial charge in [0.2, 0.25) is 0 Å². The van der Waals surface area contributed by atoms with Gasteiger partial charge in [-0.05, 0) is 25.1 Å². The van der Waals surface area contributed by atoms with Crippen molar-refractivity contribution in [1.82, 2.24) is 10.3 Å². The molecule has 1 atom stereocenters. The number of alkyl halides is 3. The number of nitrogens with zero attached hydrogens (tertiary/aromatic N) is 1. The Labute approximate surface area is 109 Å². The van der Waals surface area contributed by atoms with Gasteiger partial charge in [0.05, 0.1) is 5.52 Å². The van der Waals surface area contributed by atoms with Gasteiger partial charge in [-0.15, -0.1) is 0 Å². The van der Waals surface area contributed by atoms with E-state index < -0.39 is 12.6 Å². The van der Waals surface area contributed by atoms with Crippen LogP contribution in [0.3, 0.4) is 0 Å². The zero-order chi connectivity index (χ0) is 13.9. The molecule has 0 fully saturated rings. The average molecular weight is 268 g/mol. The van der Waals surface area contributed by atoms with E-state index in [1.807, 2.05) is 30.3 Å². The van der Waals surface area contributed by atoms with Crippen molar-refractivity contribution in [3.05, 3.63) is 42.1 Å². The van der Waals surface area contributed by atoms with Crippen molar-refractivity contribution < 1.29 is 13.2 Å². The highest BCUT2D eigenvalue weighted by Gasteiger charge is 2.28. The van der Waals surface area contributed by atoms with Crippen molar-refractivity contribution >= 4 is 10.9 Å². The van der Waals surface area contributed by atoms with Crippen LogP contribution in [-0.4, -0.2) is 18.2 Å². The maximum Gasteiger partial charge on any atom is 0.389 e. The highest BCUT2D eigenvalue weighted by atomic mass is 19.4. The Morgan fingerprint density at radius 1 is 1.21 bits per heavy atom. The number of rotatable bonds is 4. The van der Waals surface area contributed by atoms with E-state index in [1.54, 1.807) is 13.2 Å². The van der Waals surface area contributed by atoms with Gasteiger partial charge < -0.3 is 5.32 Å². The second-order valence-electron chi connectivity index (χ2n) is 4.42. The van der Waals surface area contributed by atoms with E-state index in [0.29, 0.717) is 0 Å². The first-order valence-electron chi connectivity index (χ1n) is 6.09. The number of hydrogen-bond acceptors (Lipinski definition) is 2. The number of benzene rings is 1. The van der Waals surface area contributed by atoms with Crippen LogP contribution in [0.25, 0.3) is 10.9 Å². The summed E-state index contributed by atoms with van der Waals surface area (Å²) in [6.45, 7) is 0. The molecule has 0 saturated carbocycles. The fourth-order valence-electron chi connectivity index (χ4n) is 2.17. The highest BCUT2D eigenvalue weighted by molar-refractivity contribution is 5.81. The topological polar surface area (TPSA) is 24.9 Å². The lowest BCUT2D eigenvalue weighted by molar-refractivity contribution is -0.136.